The van der Waals surface area contributed by atoms with Crippen molar-refractivity contribution < 1.29 is 4.92 Å². The van der Waals surface area contributed by atoms with Crippen molar-refractivity contribution in [1.29, 1.82) is 0 Å². The van der Waals surface area contributed by atoms with Gasteiger partial charge in [0, 0.05) is 23.1 Å². The molecular weight excluding hydrogens is 446 g/mol. The van der Waals surface area contributed by atoms with E-state index in [0.717, 1.165) is 22.6 Å². The summed E-state index contributed by atoms with van der Waals surface area (Å²) in [6.45, 7) is 0. The number of nitrogens with one attached hydrogen (secondary N) is 2. The van der Waals surface area contributed by atoms with Crippen molar-refractivity contribution in [3.8, 4) is 0 Å². The average molecular weight is 468 g/mol. The highest BCUT2D eigenvalue weighted by molar-refractivity contribution is 7.80. The number of hydrazone groups is 1. The molecular formula is C26H21N5O2S. The SMILES string of the molecule is O=[N+]([O-])c1ccccc1NC(=S)N/N=C/c1ccc(N(c2ccccc2)c2ccccc2)cc1. The van der Waals surface area contributed by atoms with Crippen LogP contribution in [0.25, 0.3) is 0 Å². The van der Waals surface area contributed by atoms with Gasteiger partial charge in [0.15, 0.2) is 5.11 Å². The Labute approximate surface area is 202 Å². The highest BCUT2D eigenvalue weighted by atomic mass is 32.1. The van der Waals surface area contributed by atoms with Gasteiger partial charge in [0.1, 0.15) is 5.69 Å². The van der Waals surface area contributed by atoms with Gasteiger partial charge >= 0.3 is 0 Å². The second kappa shape index (κ2) is 10.8. The normalized spacial score (nSPS) is 10.6. The molecule has 0 aromatic heterocycles. The summed E-state index contributed by atoms with van der Waals surface area (Å²) in [6.07, 6.45) is 1.63. The Morgan fingerprint density at radius 1 is 0.794 bits per heavy atom. The Hall–Kier alpha value is -4.56. The van der Waals surface area contributed by atoms with Crippen LogP contribution in [-0.2, 0) is 0 Å². The molecule has 0 bridgehead atoms. The topological polar surface area (TPSA) is 82.8 Å². The van der Waals surface area contributed by atoms with Gasteiger partial charge in [-0.25, -0.2) is 0 Å². The van der Waals surface area contributed by atoms with Crippen LogP contribution in [0, 0.1) is 10.1 Å². The van der Waals surface area contributed by atoms with Crippen LogP contribution in [0.2, 0.25) is 0 Å². The highest BCUT2D eigenvalue weighted by Gasteiger charge is 2.13. The van der Waals surface area contributed by atoms with E-state index in [9.17, 15) is 10.1 Å². The lowest BCUT2D eigenvalue weighted by molar-refractivity contribution is -0.383. The number of thiocarbonyl (C=S) groups is 1. The summed E-state index contributed by atoms with van der Waals surface area (Å²) in [7, 11) is 0. The zero-order valence-corrected chi connectivity index (χ0v) is 18.9. The molecule has 4 rings (SSSR count). The first-order valence-corrected chi connectivity index (χ1v) is 10.9. The summed E-state index contributed by atoms with van der Waals surface area (Å²) in [5, 5.41) is 18.2. The third kappa shape index (κ3) is 5.62. The van der Waals surface area contributed by atoms with E-state index in [0.29, 0.717) is 5.69 Å². The van der Waals surface area contributed by atoms with E-state index in [1.165, 1.54) is 6.07 Å². The summed E-state index contributed by atoms with van der Waals surface area (Å²) >= 11 is 5.20. The summed E-state index contributed by atoms with van der Waals surface area (Å²) in [6, 6.07) is 34.5. The van der Waals surface area contributed by atoms with Crippen LogP contribution in [0.1, 0.15) is 5.56 Å². The monoisotopic (exact) mass is 467 g/mol. The van der Waals surface area contributed by atoms with Gasteiger partial charge in [0.25, 0.3) is 5.69 Å². The first-order chi connectivity index (χ1) is 16.6. The molecule has 0 spiro atoms. The fourth-order valence-electron chi connectivity index (χ4n) is 3.37. The lowest BCUT2D eigenvalue weighted by atomic mass is 10.1. The molecule has 0 aliphatic rings. The first kappa shape index (κ1) is 22.6. The van der Waals surface area contributed by atoms with E-state index in [4.69, 9.17) is 12.2 Å². The van der Waals surface area contributed by atoms with Gasteiger partial charge in [-0.05, 0) is 60.2 Å². The number of anilines is 4. The standard InChI is InChI=1S/C26H21N5O2S/c32-31(33)25-14-8-7-13-24(25)28-26(34)29-27-19-20-15-17-23(18-16-20)30(21-9-3-1-4-10-21)22-11-5-2-6-12-22/h1-19H,(H2,28,29,34)/b27-19+. The van der Waals surface area contributed by atoms with E-state index in [1.807, 2.05) is 60.7 Å². The molecule has 0 unspecified atom stereocenters. The van der Waals surface area contributed by atoms with Crippen molar-refractivity contribution >= 4 is 52.0 Å². The zero-order chi connectivity index (χ0) is 23.8. The molecule has 0 amide bonds. The number of nitro benzene ring substituents is 1. The first-order valence-electron chi connectivity index (χ1n) is 10.5. The van der Waals surface area contributed by atoms with Crippen molar-refractivity contribution in [2.24, 2.45) is 5.10 Å². The molecule has 4 aromatic rings. The number of nitrogens with zero attached hydrogens (tertiary/aromatic N) is 3. The van der Waals surface area contributed by atoms with E-state index in [2.05, 4.69) is 45.0 Å². The number of nitro groups is 1. The fraction of sp³-hybridized carbons (Fsp3) is 0. The minimum atomic E-state index is -0.468. The second-order valence-electron chi connectivity index (χ2n) is 7.20. The molecule has 7 nitrogen and oxygen atoms in total. The fourth-order valence-corrected chi connectivity index (χ4v) is 3.53. The van der Waals surface area contributed by atoms with Crippen LogP contribution >= 0.6 is 12.2 Å². The minimum absolute atomic E-state index is 0.0624. The average Bonchev–Trinajstić information content (AvgIpc) is 2.87. The van der Waals surface area contributed by atoms with Crippen LogP contribution in [0.15, 0.2) is 114 Å². The Morgan fingerprint density at radius 2 is 1.32 bits per heavy atom. The van der Waals surface area contributed by atoms with Crippen LogP contribution in [0.5, 0.6) is 0 Å². The van der Waals surface area contributed by atoms with Crippen molar-refractivity contribution in [2.45, 2.75) is 0 Å². The summed E-state index contributed by atoms with van der Waals surface area (Å²) < 4.78 is 0. The van der Waals surface area contributed by atoms with Gasteiger partial charge in [0.2, 0.25) is 0 Å². The maximum absolute atomic E-state index is 11.1. The molecule has 4 aromatic carbocycles. The highest BCUT2D eigenvalue weighted by Crippen LogP contribution is 2.33. The molecule has 8 heteroatoms. The van der Waals surface area contributed by atoms with Gasteiger partial charge in [0.05, 0.1) is 11.1 Å². The molecule has 0 aliphatic heterocycles. The summed E-state index contributed by atoms with van der Waals surface area (Å²) in [5.74, 6) is 0. The van der Waals surface area contributed by atoms with E-state index >= 15 is 0 Å². The van der Waals surface area contributed by atoms with Crippen molar-refractivity contribution in [2.75, 3.05) is 10.2 Å². The third-order valence-corrected chi connectivity index (χ3v) is 5.10. The van der Waals surface area contributed by atoms with Crippen LogP contribution in [0.3, 0.4) is 0 Å². The molecule has 168 valence electrons. The zero-order valence-electron chi connectivity index (χ0n) is 18.0. The predicted molar refractivity (Wildman–Crippen MR) is 141 cm³/mol. The Bertz CT molecular complexity index is 1260. The predicted octanol–water partition coefficient (Wildman–Crippen LogP) is 6.39. The minimum Gasteiger partial charge on any atom is -0.326 e. The number of rotatable bonds is 7. The van der Waals surface area contributed by atoms with E-state index in [1.54, 1.807) is 24.4 Å². The summed E-state index contributed by atoms with van der Waals surface area (Å²) in [5.41, 5.74) is 6.92. The Balaban J connectivity index is 1.45. The number of benzene rings is 4. The van der Waals surface area contributed by atoms with Crippen molar-refractivity contribution in [1.82, 2.24) is 5.43 Å². The number of para-hydroxylation sites is 4. The maximum atomic E-state index is 11.1. The molecule has 0 saturated carbocycles. The largest absolute Gasteiger partial charge is 0.326 e. The number of hydrogen-bond donors (Lipinski definition) is 2. The quantitative estimate of drug-likeness (QED) is 0.142. The third-order valence-electron chi connectivity index (χ3n) is 4.91. The van der Waals surface area contributed by atoms with Gasteiger partial charge in [-0.1, -0.05) is 60.7 Å². The van der Waals surface area contributed by atoms with E-state index < -0.39 is 4.92 Å². The van der Waals surface area contributed by atoms with Crippen molar-refractivity contribution in [3.05, 3.63) is 125 Å². The van der Waals surface area contributed by atoms with Gasteiger partial charge < -0.3 is 10.2 Å². The van der Waals surface area contributed by atoms with Crippen LogP contribution in [0.4, 0.5) is 28.4 Å². The smallest absolute Gasteiger partial charge is 0.292 e. The molecule has 0 fully saturated rings. The van der Waals surface area contributed by atoms with E-state index in [-0.39, 0.29) is 10.8 Å². The molecule has 0 aliphatic carbocycles. The van der Waals surface area contributed by atoms with Crippen LogP contribution in [-0.4, -0.2) is 16.3 Å². The maximum Gasteiger partial charge on any atom is 0.292 e. The molecule has 0 saturated heterocycles. The van der Waals surface area contributed by atoms with Crippen molar-refractivity contribution in [3.63, 3.8) is 0 Å². The molecule has 0 atom stereocenters. The Kier molecular flexibility index (Phi) is 7.22. The van der Waals surface area contributed by atoms with Gasteiger partial charge in [-0.3, -0.25) is 15.5 Å². The molecule has 0 radical (unpaired) electrons. The molecule has 0 heterocycles. The number of hydrogen-bond acceptors (Lipinski definition) is 5. The molecule has 34 heavy (non-hydrogen) atoms. The summed E-state index contributed by atoms with van der Waals surface area (Å²) in [4.78, 5) is 12.8. The second-order valence-corrected chi connectivity index (χ2v) is 7.60. The molecule has 2 N–H and O–H groups in total. The van der Waals surface area contributed by atoms with Crippen LogP contribution < -0.4 is 15.6 Å². The van der Waals surface area contributed by atoms with Gasteiger partial charge in [-0.15, -0.1) is 0 Å². The lowest BCUT2D eigenvalue weighted by Gasteiger charge is -2.25. The van der Waals surface area contributed by atoms with Gasteiger partial charge in [-0.2, -0.15) is 5.10 Å². The lowest BCUT2D eigenvalue weighted by Crippen LogP contribution is -2.24. The Morgan fingerprint density at radius 3 is 1.91 bits per heavy atom.